The Morgan fingerprint density at radius 1 is 1.10 bits per heavy atom. The van der Waals surface area contributed by atoms with Gasteiger partial charge in [-0.3, -0.25) is 9.59 Å². The Balaban J connectivity index is 1.71. The second kappa shape index (κ2) is 7.40. The van der Waals surface area contributed by atoms with Crippen molar-refractivity contribution >= 4 is 11.9 Å². The fourth-order valence-corrected chi connectivity index (χ4v) is 6.40. The second-order valence-electron chi connectivity index (χ2n) is 9.04. The summed E-state index contributed by atoms with van der Waals surface area (Å²) in [7, 11) is 1.61. The van der Waals surface area contributed by atoms with Crippen LogP contribution >= 0.6 is 0 Å². The summed E-state index contributed by atoms with van der Waals surface area (Å²) in [5.41, 5.74) is 1.94. The summed E-state index contributed by atoms with van der Waals surface area (Å²) >= 11 is 0. The Labute approximate surface area is 171 Å². The number of fused-ring (bicyclic) bond motifs is 5. The van der Waals surface area contributed by atoms with Crippen molar-refractivity contribution in [2.75, 3.05) is 7.11 Å². The van der Waals surface area contributed by atoms with E-state index in [-0.39, 0.29) is 41.2 Å². The normalized spacial score (nSPS) is 37.8. The van der Waals surface area contributed by atoms with E-state index in [0.717, 1.165) is 31.2 Å². The Morgan fingerprint density at radius 3 is 2.52 bits per heavy atom. The minimum Gasteiger partial charge on any atom is -0.462 e. The molecule has 0 heterocycles. The summed E-state index contributed by atoms with van der Waals surface area (Å²) in [6.45, 7) is 5.05. The van der Waals surface area contributed by atoms with Crippen molar-refractivity contribution in [3.05, 3.63) is 29.3 Å². The molecule has 3 aliphatic carbocycles. The van der Waals surface area contributed by atoms with E-state index in [1.807, 2.05) is 18.2 Å². The number of esters is 2. The molecule has 0 unspecified atom stereocenters. The monoisotopic (exact) mass is 402 g/mol. The molecule has 0 bridgehead atoms. The minimum atomic E-state index is -0.661. The summed E-state index contributed by atoms with van der Waals surface area (Å²) in [6, 6.07) is 5.67. The van der Waals surface area contributed by atoms with E-state index < -0.39 is 12.2 Å². The Hall–Kier alpha value is -1.92. The molecule has 4 rings (SSSR count). The number of hydrogen-bond acceptors (Lipinski definition) is 6. The molecule has 7 atom stereocenters. The van der Waals surface area contributed by atoms with E-state index in [2.05, 4.69) is 6.92 Å². The molecule has 158 valence electrons. The standard InChI is InChI=1S/C23H30O6/c1-12(24)28-14-5-6-15-16-9-10-23(3)18(7-8-19(23)29-13(2)25)20(16)21(26)22(27-4)17(15)11-14/h5-6,11,16,18-22,26H,7-10H2,1-4H3/t16-,18+,19+,20-,21-,22-,23+/m1/s1. The summed E-state index contributed by atoms with van der Waals surface area (Å²) in [5.74, 6) is 0.392. The van der Waals surface area contributed by atoms with Crippen molar-refractivity contribution < 1.29 is 28.9 Å². The lowest BCUT2D eigenvalue weighted by Gasteiger charge is -2.53. The van der Waals surface area contributed by atoms with Crippen LogP contribution < -0.4 is 4.74 Å². The van der Waals surface area contributed by atoms with Gasteiger partial charge in [-0.05, 0) is 66.7 Å². The van der Waals surface area contributed by atoms with Crippen LogP contribution in [0.2, 0.25) is 0 Å². The fourth-order valence-electron chi connectivity index (χ4n) is 6.40. The maximum absolute atomic E-state index is 11.6. The molecule has 0 spiro atoms. The van der Waals surface area contributed by atoms with Gasteiger partial charge in [0.25, 0.3) is 0 Å². The van der Waals surface area contributed by atoms with Crippen LogP contribution in [0.15, 0.2) is 18.2 Å². The molecule has 1 aromatic carbocycles. The zero-order chi connectivity index (χ0) is 20.9. The van der Waals surface area contributed by atoms with Gasteiger partial charge in [-0.15, -0.1) is 0 Å². The van der Waals surface area contributed by atoms with Crippen LogP contribution in [-0.2, 0) is 19.1 Å². The average Bonchev–Trinajstić information content (AvgIpc) is 2.97. The molecule has 3 aliphatic rings. The van der Waals surface area contributed by atoms with Crippen LogP contribution in [0.5, 0.6) is 5.75 Å². The number of methoxy groups -OCH3 is 1. The predicted molar refractivity (Wildman–Crippen MR) is 105 cm³/mol. The van der Waals surface area contributed by atoms with Crippen molar-refractivity contribution in [1.82, 2.24) is 0 Å². The fraction of sp³-hybridized carbons (Fsp3) is 0.652. The quantitative estimate of drug-likeness (QED) is 0.615. The Bertz CT molecular complexity index is 820. The lowest BCUT2D eigenvalue weighted by Crippen LogP contribution is -2.51. The van der Waals surface area contributed by atoms with E-state index in [9.17, 15) is 14.7 Å². The molecule has 0 saturated heterocycles. The summed E-state index contributed by atoms with van der Waals surface area (Å²) in [6.07, 6.45) is 2.42. The summed E-state index contributed by atoms with van der Waals surface area (Å²) in [4.78, 5) is 23.0. The van der Waals surface area contributed by atoms with E-state index in [4.69, 9.17) is 14.2 Å². The number of carbonyl (C=O) groups is 2. The lowest BCUT2D eigenvalue weighted by atomic mass is 9.54. The number of aliphatic hydroxyl groups excluding tert-OH is 1. The average molecular weight is 402 g/mol. The highest BCUT2D eigenvalue weighted by Crippen LogP contribution is 2.63. The number of aliphatic hydroxyl groups is 1. The van der Waals surface area contributed by atoms with E-state index in [1.54, 1.807) is 7.11 Å². The van der Waals surface area contributed by atoms with Gasteiger partial charge in [0.05, 0.1) is 6.10 Å². The highest BCUT2D eigenvalue weighted by molar-refractivity contribution is 5.69. The van der Waals surface area contributed by atoms with Crippen LogP contribution in [0, 0.1) is 17.3 Å². The molecular weight excluding hydrogens is 372 g/mol. The number of benzene rings is 1. The molecule has 1 N–H and O–H groups in total. The minimum absolute atomic E-state index is 0.0475. The van der Waals surface area contributed by atoms with Gasteiger partial charge in [0.2, 0.25) is 0 Å². The van der Waals surface area contributed by atoms with E-state index >= 15 is 0 Å². The molecule has 1 aromatic rings. The second-order valence-corrected chi connectivity index (χ2v) is 9.04. The zero-order valence-electron chi connectivity index (χ0n) is 17.5. The first-order valence-corrected chi connectivity index (χ1v) is 10.5. The van der Waals surface area contributed by atoms with Crippen molar-refractivity contribution in [1.29, 1.82) is 0 Å². The first-order chi connectivity index (χ1) is 13.8. The molecule has 6 nitrogen and oxygen atoms in total. The molecule has 2 fully saturated rings. The SMILES string of the molecule is CO[C@@H]1c2cc(OC(C)=O)ccc2[C@H]2CC[C@]3(C)[C@@H](OC(C)=O)CC[C@H]3[C@@H]2[C@H]1O. The third-order valence-electron chi connectivity index (χ3n) is 7.54. The number of ether oxygens (including phenoxy) is 3. The van der Waals surface area contributed by atoms with E-state index in [0.29, 0.717) is 5.75 Å². The number of carbonyl (C=O) groups excluding carboxylic acids is 2. The van der Waals surface area contributed by atoms with Gasteiger partial charge in [0.1, 0.15) is 18.0 Å². The van der Waals surface area contributed by atoms with Crippen molar-refractivity contribution in [2.24, 2.45) is 17.3 Å². The molecule has 0 aliphatic heterocycles. The summed E-state index contributed by atoms with van der Waals surface area (Å²) < 4.78 is 16.7. The topological polar surface area (TPSA) is 82.1 Å². The van der Waals surface area contributed by atoms with Gasteiger partial charge >= 0.3 is 11.9 Å². The molecular formula is C23H30O6. The Morgan fingerprint density at radius 2 is 1.86 bits per heavy atom. The van der Waals surface area contributed by atoms with Gasteiger partial charge < -0.3 is 19.3 Å². The molecule has 0 radical (unpaired) electrons. The highest BCUT2D eigenvalue weighted by Gasteiger charge is 2.59. The van der Waals surface area contributed by atoms with Crippen LogP contribution in [0.3, 0.4) is 0 Å². The lowest BCUT2D eigenvalue weighted by molar-refractivity contribution is -0.158. The first kappa shape index (κ1) is 20.4. The van der Waals surface area contributed by atoms with Crippen LogP contribution in [0.1, 0.15) is 69.6 Å². The van der Waals surface area contributed by atoms with Crippen molar-refractivity contribution in [3.63, 3.8) is 0 Å². The van der Waals surface area contributed by atoms with Crippen LogP contribution in [0.25, 0.3) is 0 Å². The largest absolute Gasteiger partial charge is 0.462 e. The third kappa shape index (κ3) is 3.26. The zero-order valence-corrected chi connectivity index (χ0v) is 17.5. The highest BCUT2D eigenvalue weighted by atomic mass is 16.5. The smallest absolute Gasteiger partial charge is 0.308 e. The molecule has 0 amide bonds. The van der Waals surface area contributed by atoms with Gasteiger partial charge in [-0.1, -0.05) is 13.0 Å². The van der Waals surface area contributed by atoms with Gasteiger partial charge in [0, 0.05) is 26.4 Å². The van der Waals surface area contributed by atoms with Crippen molar-refractivity contribution in [3.8, 4) is 5.75 Å². The van der Waals surface area contributed by atoms with Gasteiger partial charge in [-0.2, -0.15) is 0 Å². The summed E-state index contributed by atoms with van der Waals surface area (Å²) in [5, 5.41) is 11.4. The predicted octanol–water partition coefficient (Wildman–Crippen LogP) is 3.52. The maximum atomic E-state index is 11.6. The molecule has 0 aromatic heterocycles. The van der Waals surface area contributed by atoms with E-state index in [1.165, 1.54) is 19.4 Å². The maximum Gasteiger partial charge on any atom is 0.308 e. The van der Waals surface area contributed by atoms with Gasteiger partial charge in [0.15, 0.2) is 0 Å². The Kier molecular flexibility index (Phi) is 5.20. The van der Waals surface area contributed by atoms with Crippen molar-refractivity contribution in [2.45, 2.75) is 70.7 Å². The molecule has 2 saturated carbocycles. The first-order valence-electron chi connectivity index (χ1n) is 10.5. The number of rotatable bonds is 3. The van der Waals surface area contributed by atoms with Crippen LogP contribution in [0.4, 0.5) is 0 Å². The van der Waals surface area contributed by atoms with Crippen LogP contribution in [-0.4, -0.2) is 36.4 Å². The molecule has 6 heteroatoms. The third-order valence-corrected chi connectivity index (χ3v) is 7.54. The number of hydrogen-bond donors (Lipinski definition) is 1. The van der Waals surface area contributed by atoms with Gasteiger partial charge in [-0.25, -0.2) is 0 Å². The molecule has 29 heavy (non-hydrogen) atoms.